The van der Waals surface area contributed by atoms with Gasteiger partial charge in [0.05, 0.1) is 13.2 Å². The van der Waals surface area contributed by atoms with E-state index < -0.39 is 0 Å². The number of hydrogen-bond acceptors (Lipinski definition) is 4. The number of benzene rings is 1. The molecule has 0 spiro atoms. The van der Waals surface area contributed by atoms with Crippen LogP contribution in [0.1, 0.15) is 19.2 Å². The summed E-state index contributed by atoms with van der Waals surface area (Å²) in [4.78, 5) is 9.25. The van der Waals surface area contributed by atoms with E-state index in [1.54, 1.807) is 7.11 Å². The first kappa shape index (κ1) is 16.7. The largest absolute Gasteiger partial charge is 1.00 e. The van der Waals surface area contributed by atoms with E-state index in [-0.39, 0.29) is 12.4 Å². The summed E-state index contributed by atoms with van der Waals surface area (Å²) in [7, 11) is 1.72. The van der Waals surface area contributed by atoms with Gasteiger partial charge in [-0.05, 0) is 12.1 Å². The third-order valence-electron chi connectivity index (χ3n) is 3.50. The van der Waals surface area contributed by atoms with Gasteiger partial charge in [0.15, 0.2) is 0 Å². The van der Waals surface area contributed by atoms with Crippen molar-refractivity contribution >= 4 is 27.9 Å². The number of ether oxygens (including phenoxy) is 1. The monoisotopic (exact) mass is 321 g/mol. The van der Waals surface area contributed by atoms with Gasteiger partial charge in [0.2, 0.25) is 5.58 Å². The zero-order valence-corrected chi connectivity index (χ0v) is 13.6. The summed E-state index contributed by atoms with van der Waals surface area (Å²) in [6, 6.07) is 7.99. The minimum atomic E-state index is 0. The van der Waals surface area contributed by atoms with Crippen LogP contribution in [0.5, 0.6) is 0 Å². The smallest absolute Gasteiger partial charge is 0.272 e. The van der Waals surface area contributed by atoms with E-state index in [9.17, 15) is 0 Å². The summed E-state index contributed by atoms with van der Waals surface area (Å²) < 4.78 is 11.0. The van der Waals surface area contributed by atoms with E-state index in [1.165, 1.54) is 0 Å². The molecule has 0 radical (unpaired) electrons. The molecule has 2 heterocycles. The molecule has 6 heteroatoms. The molecule has 0 saturated carbocycles. The molecule has 2 aromatic heterocycles. The zero-order valence-electron chi connectivity index (χ0n) is 12.8. The number of para-hydroxylation sites is 1. The van der Waals surface area contributed by atoms with Crippen LogP contribution in [0.2, 0.25) is 0 Å². The van der Waals surface area contributed by atoms with Crippen molar-refractivity contribution in [1.29, 1.82) is 0 Å². The number of quaternary nitrogens is 1. The van der Waals surface area contributed by atoms with Crippen LogP contribution in [-0.4, -0.2) is 30.2 Å². The molecule has 0 aliphatic carbocycles. The molecule has 0 amide bonds. The highest BCUT2D eigenvalue weighted by Gasteiger charge is 2.17. The van der Waals surface area contributed by atoms with Gasteiger partial charge in [-0.25, -0.2) is 4.98 Å². The third-order valence-corrected chi connectivity index (χ3v) is 3.50. The fourth-order valence-corrected chi connectivity index (χ4v) is 2.42. The lowest BCUT2D eigenvalue weighted by atomic mass is 10.2. The summed E-state index contributed by atoms with van der Waals surface area (Å²) in [5.41, 5.74) is 2.56. The van der Waals surface area contributed by atoms with Crippen LogP contribution in [0.15, 0.2) is 28.7 Å². The fraction of sp³-hybridized carbons (Fsp3) is 0.375. The number of aromatic nitrogens is 2. The number of methoxy groups -OCH3 is 1. The minimum absolute atomic E-state index is 0. The van der Waals surface area contributed by atoms with Crippen molar-refractivity contribution < 1.29 is 26.9 Å². The van der Waals surface area contributed by atoms with E-state index in [0.29, 0.717) is 0 Å². The molecule has 0 aliphatic rings. The summed E-state index contributed by atoms with van der Waals surface area (Å²) in [6.07, 6.45) is 1.79. The number of rotatable bonds is 6. The first-order valence-electron chi connectivity index (χ1n) is 7.33. The number of halogens is 1. The highest BCUT2D eigenvalue weighted by Crippen LogP contribution is 2.29. The molecule has 3 aromatic rings. The van der Waals surface area contributed by atoms with Crippen molar-refractivity contribution in [3.05, 3.63) is 30.1 Å². The predicted molar refractivity (Wildman–Crippen MR) is 81.6 cm³/mol. The quantitative estimate of drug-likeness (QED) is 0.602. The molecule has 0 aliphatic heterocycles. The molecule has 3 rings (SSSR count). The molecule has 0 atom stereocenters. The molecular formula is C16H20ClN3O2. The molecule has 0 unspecified atom stereocenters. The zero-order chi connectivity index (χ0) is 14.7. The molecular weight excluding hydrogens is 302 g/mol. The first-order chi connectivity index (χ1) is 10.3. The van der Waals surface area contributed by atoms with Crippen LogP contribution in [0.25, 0.3) is 22.1 Å². The van der Waals surface area contributed by atoms with Crippen LogP contribution in [-0.2, 0) is 11.2 Å². The van der Waals surface area contributed by atoms with Gasteiger partial charge in [-0.3, -0.25) is 5.32 Å². The van der Waals surface area contributed by atoms with Crippen LogP contribution in [0.4, 0.5) is 5.82 Å². The summed E-state index contributed by atoms with van der Waals surface area (Å²) >= 11 is 0. The predicted octanol–water partition coefficient (Wildman–Crippen LogP) is -0.826. The Morgan fingerprint density at radius 2 is 2.05 bits per heavy atom. The lowest BCUT2D eigenvalue weighted by molar-refractivity contribution is -0.574. The Labute approximate surface area is 135 Å². The number of fused-ring (bicyclic) bond motifs is 3. The average molecular weight is 322 g/mol. The second kappa shape index (κ2) is 7.54. The van der Waals surface area contributed by atoms with Crippen molar-refractivity contribution in [3.8, 4) is 0 Å². The van der Waals surface area contributed by atoms with Gasteiger partial charge in [-0.15, -0.1) is 0 Å². The Bertz CT molecular complexity index is 758. The number of hydrogen-bond donors (Lipinski definition) is 1. The Hall–Kier alpha value is -1.69. The van der Waals surface area contributed by atoms with E-state index in [1.807, 2.05) is 24.3 Å². The standard InChI is InChI=1S/C16H19N3O2.ClH/c1-3-13-18-14-11-7-4-5-8-12(11)21-15(14)16(19-13)17-9-6-10-20-2;/h4-5,7-8H,3,6,9-10H2,1-2H3,(H,17,18,19);1H. The van der Waals surface area contributed by atoms with Crippen LogP contribution in [0, 0.1) is 0 Å². The second-order valence-corrected chi connectivity index (χ2v) is 4.99. The summed E-state index contributed by atoms with van der Waals surface area (Å²) in [6.45, 7) is 3.74. The molecule has 0 bridgehead atoms. The van der Waals surface area contributed by atoms with Gasteiger partial charge < -0.3 is 21.6 Å². The topological polar surface area (TPSA) is 64.8 Å². The van der Waals surface area contributed by atoms with E-state index in [2.05, 4.69) is 22.2 Å². The van der Waals surface area contributed by atoms with Crippen molar-refractivity contribution in [2.75, 3.05) is 20.3 Å². The third kappa shape index (κ3) is 3.21. The maximum absolute atomic E-state index is 5.95. The van der Waals surface area contributed by atoms with Gasteiger partial charge in [-0.2, -0.15) is 4.98 Å². The molecule has 5 nitrogen and oxygen atoms in total. The number of nitrogens with two attached hydrogens (primary N) is 1. The molecule has 22 heavy (non-hydrogen) atoms. The maximum Gasteiger partial charge on any atom is 0.272 e. The Kier molecular flexibility index (Phi) is 5.71. The lowest BCUT2D eigenvalue weighted by Crippen LogP contribution is -3.00. The van der Waals surface area contributed by atoms with Gasteiger partial charge in [0.25, 0.3) is 5.82 Å². The van der Waals surface area contributed by atoms with E-state index >= 15 is 0 Å². The Balaban J connectivity index is 0.00000176. The number of aryl methyl sites for hydroxylation is 1. The normalized spacial score (nSPS) is 11.0. The average Bonchev–Trinajstić information content (AvgIpc) is 2.90. The molecule has 0 saturated heterocycles. The van der Waals surface area contributed by atoms with Crippen molar-refractivity contribution in [3.63, 3.8) is 0 Å². The molecule has 0 fully saturated rings. The SMILES string of the molecule is CCc1nc([NH2+]CCCOC)c2oc3ccccc3c2n1.[Cl-]. The molecule has 2 N–H and O–H groups in total. The number of furan rings is 1. The molecule has 1 aromatic carbocycles. The van der Waals surface area contributed by atoms with Gasteiger partial charge in [-0.1, -0.05) is 19.1 Å². The first-order valence-corrected chi connectivity index (χ1v) is 7.33. The van der Waals surface area contributed by atoms with Crippen molar-refractivity contribution in [2.24, 2.45) is 0 Å². The Morgan fingerprint density at radius 1 is 1.23 bits per heavy atom. The van der Waals surface area contributed by atoms with E-state index in [4.69, 9.17) is 9.15 Å². The maximum atomic E-state index is 5.95. The summed E-state index contributed by atoms with van der Waals surface area (Å²) in [5, 5.41) is 3.17. The highest BCUT2D eigenvalue weighted by molar-refractivity contribution is 6.04. The lowest BCUT2D eigenvalue weighted by Gasteiger charge is -2.02. The van der Waals surface area contributed by atoms with Crippen molar-refractivity contribution in [2.45, 2.75) is 19.8 Å². The van der Waals surface area contributed by atoms with Crippen LogP contribution < -0.4 is 17.7 Å². The summed E-state index contributed by atoms with van der Waals surface area (Å²) in [5.74, 6) is 1.75. The molecule has 118 valence electrons. The van der Waals surface area contributed by atoms with E-state index in [0.717, 1.165) is 59.7 Å². The highest BCUT2D eigenvalue weighted by atomic mass is 35.5. The second-order valence-electron chi connectivity index (χ2n) is 4.99. The van der Waals surface area contributed by atoms with Crippen molar-refractivity contribution in [1.82, 2.24) is 9.97 Å². The Morgan fingerprint density at radius 3 is 2.82 bits per heavy atom. The fourth-order valence-electron chi connectivity index (χ4n) is 2.42. The van der Waals surface area contributed by atoms with Gasteiger partial charge in [0, 0.05) is 25.3 Å². The van der Waals surface area contributed by atoms with Crippen LogP contribution >= 0.6 is 0 Å². The van der Waals surface area contributed by atoms with Crippen LogP contribution in [0.3, 0.4) is 0 Å². The van der Waals surface area contributed by atoms with Gasteiger partial charge in [0.1, 0.15) is 16.9 Å². The van der Waals surface area contributed by atoms with Gasteiger partial charge >= 0.3 is 0 Å². The minimum Gasteiger partial charge on any atom is -1.00 e. The number of nitrogens with zero attached hydrogens (tertiary/aromatic N) is 2.